The first-order valence-electron chi connectivity index (χ1n) is 7.44. The first kappa shape index (κ1) is 16.7. The second kappa shape index (κ2) is 8.76. The van der Waals surface area contributed by atoms with Crippen molar-refractivity contribution in [3.8, 4) is 11.8 Å². The number of carbonyl (C=O) groups excluding carboxylic acids is 2. The summed E-state index contributed by atoms with van der Waals surface area (Å²) in [6.07, 6.45) is 3.78. The SMILES string of the molecule is CCC[C@@H](C#CC[C@H](C)OC(C)=O)N1CCC(=O)CC1. The van der Waals surface area contributed by atoms with Crippen LogP contribution in [0.15, 0.2) is 0 Å². The molecule has 1 rings (SSSR count). The van der Waals surface area contributed by atoms with Gasteiger partial charge in [0.15, 0.2) is 0 Å². The van der Waals surface area contributed by atoms with E-state index in [2.05, 4.69) is 23.7 Å². The highest BCUT2D eigenvalue weighted by molar-refractivity contribution is 5.79. The molecule has 0 unspecified atom stereocenters. The van der Waals surface area contributed by atoms with Crippen molar-refractivity contribution in [2.75, 3.05) is 13.1 Å². The summed E-state index contributed by atoms with van der Waals surface area (Å²) < 4.78 is 5.05. The summed E-state index contributed by atoms with van der Waals surface area (Å²) in [7, 11) is 0. The predicted molar refractivity (Wildman–Crippen MR) is 78.1 cm³/mol. The lowest BCUT2D eigenvalue weighted by atomic mass is 10.0. The minimum atomic E-state index is -0.265. The number of rotatable bonds is 5. The fourth-order valence-corrected chi connectivity index (χ4v) is 2.35. The summed E-state index contributed by atoms with van der Waals surface area (Å²) in [6.45, 7) is 7.04. The monoisotopic (exact) mass is 279 g/mol. The van der Waals surface area contributed by atoms with Gasteiger partial charge in [-0.2, -0.15) is 0 Å². The summed E-state index contributed by atoms with van der Waals surface area (Å²) in [5.41, 5.74) is 0. The van der Waals surface area contributed by atoms with Crippen molar-refractivity contribution in [3.05, 3.63) is 0 Å². The van der Waals surface area contributed by atoms with E-state index in [1.807, 2.05) is 6.92 Å². The van der Waals surface area contributed by atoms with Crippen LogP contribution >= 0.6 is 0 Å². The number of esters is 1. The third kappa shape index (κ3) is 6.21. The largest absolute Gasteiger partial charge is 0.462 e. The Morgan fingerprint density at radius 1 is 1.40 bits per heavy atom. The Hall–Kier alpha value is -1.34. The van der Waals surface area contributed by atoms with E-state index >= 15 is 0 Å². The quantitative estimate of drug-likeness (QED) is 0.571. The molecule has 2 atom stereocenters. The van der Waals surface area contributed by atoms with Crippen molar-refractivity contribution >= 4 is 11.8 Å². The maximum atomic E-state index is 11.3. The van der Waals surface area contributed by atoms with Crippen LogP contribution in [0.25, 0.3) is 0 Å². The van der Waals surface area contributed by atoms with E-state index in [4.69, 9.17) is 4.74 Å². The van der Waals surface area contributed by atoms with Crippen molar-refractivity contribution in [1.82, 2.24) is 4.90 Å². The normalized spacial score (nSPS) is 18.9. The highest BCUT2D eigenvalue weighted by Gasteiger charge is 2.21. The molecule has 1 saturated heterocycles. The molecule has 0 N–H and O–H groups in total. The molecule has 0 aromatic carbocycles. The minimum absolute atomic E-state index is 0.162. The maximum absolute atomic E-state index is 11.3. The van der Waals surface area contributed by atoms with Crippen molar-refractivity contribution in [2.45, 2.75) is 65.0 Å². The van der Waals surface area contributed by atoms with Crippen LogP contribution in [0.3, 0.4) is 0 Å². The van der Waals surface area contributed by atoms with Crippen LogP contribution in [0.4, 0.5) is 0 Å². The Labute approximate surface area is 121 Å². The van der Waals surface area contributed by atoms with E-state index in [0.717, 1.165) is 25.9 Å². The van der Waals surface area contributed by atoms with E-state index in [1.165, 1.54) is 6.92 Å². The minimum Gasteiger partial charge on any atom is -0.462 e. The Kier molecular flexibility index (Phi) is 7.32. The van der Waals surface area contributed by atoms with Gasteiger partial charge in [0.1, 0.15) is 11.9 Å². The number of carbonyl (C=O) groups is 2. The smallest absolute Gasteiger partial charge is 0.302 e. The number of ketones is 1. The van der Waals surface area contributed by atoms with Crippen LogP contribution in [-0.4, -0.2) is 41.9 Å². The molecule has 1 aliphatic rings. The fraction of sp³-hybridized carbons (Fsp3) is 0.750. The van der Waals surface area contributed by atoms with Crippen LogP contribution in [0.2, 0.25) is 0 Å². The van der Waals surface area contributed by atoms with Crippen LogP contribution in [0.1, 0.15) is 52.9 Å². The third-order valence-corrected chi connectivity index (χ3v) is 3.38. The highest BCUT2D eigenvalue weighted by atomic mass is 16.5. The molecule has 1 heterocycles. The first-order valence-corrected chi connectivity index (χ1v) is 7.44. The average Bonchev–Trinajstić information content (AvgIpc) is 2.38. The zero-order valence-corrected chi connectivity index (χ0v) is 12.8. The molecule has 0 radical (unpaired) electrons. The van der Waals surface area contributed by atoms with E-state index in [9.17, 15) is 9.59 Å². The highest BCUT2D eigenvalue weighted by Crippen LogP contribution is 2.13. The van der Waals surface area contributed by atoms with Gasteiger partial charge in [0, 0.05) is 39.3 Å². The van der Waals surface area contributed by atoms with Gasteiger partial charge in [-0.3, -0.25) is 14.5 Å². The summed E-state index contributed by atoms with van der Waals surface area (Å²) in [4.78, 5) is 24.4. The van der Waals surface area contributed by atoms with Gasteiger partial charge >= 0.3 is 5.97 Å². The molecule has 0 bridgehead atoms. The zero-order chi connectivity index (χ0) is 15.0. The molecule has 4 heteroatoms. The van der Waals surface area contributed by atoms with E-state index in [-0.39, 0.29) is 18.1 Å². The second-order valence-corrected chi connectivity index (χ2v) is 5.32. The number of likely N-dealkylation sites (tertiary alicyclic amines) is 1. The fourth-order valence-electron chi connectivity index (χ4n) is 2.35. The molecular formula is C16H25NO3. The molecule has 0 aliphatic carbocycles. The lowest BCUT2D eigenvalue weighted by molar-refractivity contribution is -0.145. The van der Waals surface area contributed by atoms with Gasteiger partial charge < -0.3 is 4.74 Å². The van der Waals surface area contributed by atoms with Crippen LogP contribution in [-0.2, 0) is 14.3 Å². The zero-order valence-electron chi connectivity index (χ0n) is 12.8. The molecule has 0 saturated carbocycles. The molecule has 4 nitrogen and oxygen atoms in total. The van der Waals surface area contributed by atoms with Crippen LogP contribution in [0.5, 0.6) is 0 Å². The van der Waals surface area contributed by atoms with E-state index < -0.39 is 0 Å². The summed E-state index contributed by atoms with van der Waals surface area (Å²) >= 11 is 0. The topological polar surface area (TPSA) is 46.6 Å². The Morgan fingerprint density at radius 3 is 2.60 bits per heavy atom. The van der Waals surface area contributed by atoms with Crippen molar-refractivity contribution in [3.63, 3.8) is 0 Å². The van der Waals surface area contributed by atoms with Gasteiger partial charge in [-0.05, 0) is 13.3 Å². The Morgan fingerprint density at radius 2 is 2.05 bits per heavy atom. The van der Waals surface area contributed by atoms with Crippen LogP contribution < -0.4 is 0 Å². The number of nitrogens with zero attached hydrogens (tertiary/aromatic N) is 1. The third-order valence-electron chi connectivity index (χ3n) is 3.38. The summed E-state index contributed by atoms with van der Waals surface area (Å²) in [5, 5.41) is 0. The van der Waals surface area contributed by atoms with Crippen molar-refractivity contribution in [2.24, 2.45) is 0 Å². The summed E-state index contributed by atoms with van der Waals surface area (Å²) in [6, 6.07) is 0.220. The van der Waals surface area contributed by atoms with Gasteiger partial charge in [-0.15, -0.1) is 0 Å². The number of ether oxygens (including phenoxy) is 1. The molecule has 20 heavy (non-hydrogen) atoms. The molecule has 0 spiro atoms. The lowest BCUT2D eigenvalue weighted by Crippen LogP contribution is -2.40. The number of hydrogen-bond donors (Lipinski definition) is 0. The molecule has 0 aromatic heterocycles. The summed E-state index contributed by atoms with van der Waals surface area (Å²) in [5.74, 6) is 6.50. The van der Waals surface area contributed by atoms with Gasteiger partial charge in [0.25, 0.3) is 0 Å². The predicted octanol–water partition coefficient (Wildman–Crippen LogP) is 2.17. The Bertz CT molecular complexity index is 384. The number of piperidine rings is 1. The van der Waals surface area contributed by atoms with Crippen molar-refractivity contribution in [1.29, 1.82) is 0 Å². The molecule has 1 fully saturated rings. The van der Waals surface area contributed by atoms with Crippen LogP contribution in [0, 0.1) is 11.8 Å². The number of Topliss-reactive ketones (excluding diaryl/α,β-unsaturated/α-hetero) is 1. The molecule has 112 valence electrons. The molecule has 0 amide bonds. The van der Waals surface area contributed by atoms with Gasteiger partial charge in [0.2, 0.25) is 0 Å². The van der Waals surface area contributed by atoms with Gasteiger partial charge in [0.05, 0.1) is 6.04 Å². The van der Waals surface area contributed by atoms with Gasteiger partial charge in [-0.1, -0.05) is 25.2 Å². The van der Waals surface area contributed by atoms with E-state index in [0.29, 0.717) is 25.0 Å². The molecule has 1 aliphatic heterocycles. The Balaban J connectivity index is 2.50. The average molecular weight is 279 g/mol. The first-order chi connectivity index (χ1) is 9.52. The molecular weight excluding hydrogens is 254 g/mol. The lowest BCUT2D eigenvalue weighted by Gasteiger charge is -2.30. The number of hydrogen-bond acceptors (Lipinski definition) is 4. The van der Waals surface area contributed by atoms with E-state index in [1.54, 1.807) is 0 Å². The standard InChI is InChI=1S/C16H25NO3/c1-4-6-15(17-11-9-16(19)10-12-17)8-5-7-13(2)20-14(3)18/h13,15H,4,6-7,9-12H2,1-3H3/t13-,15-/m0/s1. The molecule has 0 aromatic rings. The second-order valence-electron chi connectivity index (χ2n) is 5.32. The van der Waals surface area contributed by atoms with Crippen molar-refractivity contribution < 1.29 is 14.3 Å². The maximum Gasteiger partial charge on any atom is 0.302 e. The van der Waals surface area contributed by atoms with Gasteiger partial charge in [-0.25, -0.2) is 0 Å².